The molecule has 0 aromatic heterocycles. The zero-order valence-electron chi connectivity index (χ0n) is 11.6. The van der Waals surface area contributed by atoms with Gasteiger partial charge in [-0.05, 0) is 48.0 Å². The summed E-state index contributed by atoms with van der Waals surface area (Å²) in [6.45, 7) is 2.43. The number of carbonyl (C=O) groups excluding carboxylic acids is 1. The van der Waals surface area contributed by atoms with Gasteiger partial charge in [0.05, 0.1) is 12.2 Å². The number of benzene rings is 1. The Kier molecular flexibility index (Phi) is 7.51. The lowest BCUT2D eigenvalue weighted by Gasteiger charge is -2.31. The van der Waals surface area contributed by atoms with Crippen molar-refractivity contribution in [3.8, 4) is 0 Å². The number of rotatable bonds is 4. The van der Waals surface area contributed by atoms with Gasteiger partial charge in [0.2, 0.25) is 5.91 Å². The lowest BCUT2D eigenvalue weighted by Crippen LogP contribution is -2.44. The summed E-state index contributed by atoms with van der Waals surface area (Å²) in [6, 6.07) is 8.27. The number of halogens is 2. The van der Waals surface area contributed by atoms with E-state index in [0.717, 1.165) is 36.1 Å². The van der Waals surface area contributed by atoms with Crippen LogP contribution in [0.15, 0.2) is 28.7 Å². The van der Waals surface area contributed by atoms with Crippen molar-refractivity contribution >= 4 is 39.9 Å². The van der Waals surface area contributed by atoms with Crippen LogP contribution in [0.1, 0.15) is 12.8 Å². The molecule has 0 saturated carbocycles. The van der Waals surface area contributed by atoms with E-state index in [0.29, 0.717) is 12.6 Å². The molecule has 0 unspecified atom stereocenters. The summed E-state index contributed by atoms with van der Waals surface area (Å²) < 4.78 is 0.914. The van der Waals surface area contributed by atoms with Crippen molar-refractivity contribution in [3.05, 3.63) is 28.7 Å². The second kappa shape index (κ2) is 8.62. The molecule has 0 spiro atoms. The molecule has 2 rings (SSSR count). The molecule has 0 atom stereocenters. The Balaban J connectivity index is 0.00000200. The van der Waals surface area contributed by atoms with Gasteiger partial charge in [-0.2, -0.15) is 0 Å². The van der Waals surface area contributed by atoms with Crippen LogP contribution < -0.4 is 10.6 Å². The molecule has 112 valence electrons. The van der Waals surface area contributed by atoms with Crippen LogP contribution in [0.25, 0.3) is 0 Å². The van der Waals surface area contributed by atoms with Crippen molar-refractivity contribution in [1.82, 2.24) is 10.2 Å². The standard InChI is InChI=1S/C14H20BrN3O.ClH/c1-16-11-6-8-18(9-7-11)10-14(19)17-13-5-3-2-4-12(13)15;/h2-5,11,16H,6-10H2,1H3,(H,17,19);1H. The van der Waals surface area contributed by atoms with Crippen LogP contribution in [0.4, 0.5) is 5.69 Å². The highest BCUT2D eigenvalue weighted by Gasteiger charge is 2.19. The van der Waals surface area contributed by atoms with Crippen LogP contribution in [-0.2, 0) is 4.79 Å². The third-order valence-corrected chi connectivity index (χ3v) is 4.20. The monoisotopic (exact) mass is 361 g/mol. The van der Waals surface area contributed by atoms with E-state index in [1.54, 1.807) is 0 Å². The molecule has 0 radical (unpaired) electrons. The molecular weight excluding hydrogens is 342 g/mol. The molecule has 0 bridgehead atoms. The number of hydrogen-bond donors (Lipinski definition) is 2. The first-order valence-electron chi connectivity index (χ1n) is 6.63. The molecule has 1 aromatic carbocycles. The number of amides is 1. The Labute approximate surface area is 134 Å². The summed E-state index contributed by atoms with van der Waals surface area (Å²) in [5.74, 6) is 0.0507. The quantitative estimate of drug-likeness (QED) is 0.865. The number of nitrogens with one attached hydrogen (secondary N) is 2. The molecular formula is C14H21BrClN3O. The van der Waals surface area contributed by atoms with Gasteiger partial charge in [-0.25, -0.2) is 0 Å². The normalized spacial score (nSPS) is 16.5. The Morgan fingerprint density at radius 1 is 1.35 bits per heavy atom. The largest absolute Gasteiger partial charge is 0.324 e. The van der Waals surface area contributed by atoms with Crippen LogP contribution >= 0.6 is 28.3 Å². The van der Waals surface area contributed by atoms with E-state index in [2.05, 4.69) is 31.5 Å². The number of piperidine rings is 1. The minimum atomic E-state index is 0. The van der Waals surface area contributed by atoms with Crippen molar-refractivity contribution in [2.75, 3.05) is 32.0 Å². The van der Waals surface area contributed by atoms with E-state index in [1.807, 2.05) is 31.3 Å². The van der Waals surface area contributed by atoms with E-state index >= 15 is 0 Å². The number of hydrogen-bond acceptors (Lipinski definition) is 3. The Hall–Kier alpha value is -0.620. The minimum Gasteiger partial charge on any atom is -0.324 e. The molecule has 20 heavy (non-hydrogen) atoms. The van der Waals surface area contributed by atoms with Crippen LogP contribution in [-0.4, -0.2) is 43.5 Å². The zero-order valence-corrected chi connectivity index (χ0v) is 14.0. The molecule has 1 aliphatic rings. The lowest BCUT2D eigenvalue weighted by atomic mass is 10.1. The average Bonchev–Trinajstić information content (AvgIpc) is 2.42. The van der Waals surface area contributed by atoms with Crippen LogP contribution in [0, 0.1) is 0 Å². The third-order valence-electron chi connectivity index (χ3n) is 3.51. The predicted octanol–water partition coefficient (Wildman–Crippen LogP) is 2.49. The maximum absolute atomic E-state index is 12.0. The summed E-state index contributed by atoms with van der Waals surface area (Å²) in [5.41, 5.74) is 0.831. The first-order chi connectivity index (χ1) is 9.19. The van der Waals surface area contributed by atoms with Crippen LogP contribution in [0.5, 0.6) is 0 Å². The molecule has 1 aromatic rings. The van der Waals surface area contributed by atoms with E-state index in [9.17, 15) is 4.79 Å². The van der Waals surface area contributed by atoms with E-state index in [4.69, 9.17) is 0 Å². The van der Waals surface area contributed by atoms with Gasteiger partial charge in [0.25, 0.3) is 0 Å². The molecule has 4 nitrogen and oxygen atoms in total. The van der Waals surface area contributed by atoms with Gasteiger partial charge in [-0.3, -0.25) is 9.69 Å². The predicted molar refractivity (Wildman–Crippen MR) is 88.5 cm³/mol. The van der Waals surface area contributed by atoms with Gasteiger partial charge in [-0.1, -0.05) is 12.1 Å². The highest BCUT2D eigenvalue weighted by molar-refractivity contribution is 9.10. The zero-order chi connectivity index (χ0) is 13.7. The van der Waals surface area contributed by atoms with Gasteiger partial charge in [0.1, 0.15) is 0 Å². The number of nitrogens with zero attached hydrogens (tertiary/aromatic N) is 1. The molecule has 1 fully saturated rings. The maximum atomic E-state index is 12.0. The molecule has 2 N–H and O–H groups in total. The minimum absolute atomic E-state index is 0. The molecule has 1 aliphatic heterocycles. The number of para-hydroxylation sites is 1. The van der Waals surface area contributed by atoms with Crippen molar-refractivity contribution < 1.29 is 4.79 Å². The smallest absolute Gasteiger partial charge is 0.238 e. The van der Waals surface area contributed by atoms with Gasteiger partial charge in [0.15, 0.2) is 0 Å². The SMILES string of the molecule is CNC1CCN(CC(=O)Nc2ccccc2Br)CC1.Cl. The van der Waals surface area contributed by atoms with Crippen molar-refractivity contribution in [1.29, 1.82) is 0 Å². The van der Waals surface area contributed by atoms with Crippen LogP contribution in [0.3, 0.4) is 0 Å². The number of anilines is 1. The Bertz CT molecular complexity index is 436. The number of carbonyl (C=O) groups is 1. The average molecular weight is 363 g/mol. The van der Waals surface area contributed by atoms with E-state index in [-0.39, 0.29) is 18.3 Å². The fourth-order valence-corrected chi connectivity index (χ4v) is 2.72. The van der Waals surface area contributed by atoms with Gasteiger partial charge in [0, 0.05) is 23.6 Å². The molecule has 6 heteroatoms. The molecule has 1 saturated heterocycles. The van der Waals surface area contributed by atoms with E-state index < -0.39 is 0 Å². The second-order valence-corrected chi connectivity index (χ2v) is 5.72. The summed E-state index contributed by atoms with van der Waals surface area (Å²) in [7, 11) is 2.00. The first kappa shape index (κ1) is 17.4. The number of likely N-dealkylation sites (tertiary alicyclic amines) is 1. The van der Waals surface area contributed by atoms with Crippen molar-refractivity contribution in [2.45, 2.75) is 18.9 Å². The van der Waals surface area contributed by atoms with Crippen molar-refractivity contribution in [2.24, 2.45) is 0 Å². The molecule has 1 heterocycles. The Morgan fingerprint density at radius 3 is 2.60 bits per heavy atom. The highest BCUT2D eigenvalue weighted by atomic mass is 79.9. The second-order valence-electron chi connectivity index (χ2n) is 4.87. The maximum Gasteiger partial charge on any atom is 0.238 e. The highest BCUT2D eigenvalue weighted by Crippen LogP contribution is 2.21. The lowest BCUT2D eigenvalue weighted by molar-refractivity contribution is -0.117. The summed E-state index contributed by atoms with van der Waals surface area (Å²) in [5, 5.41) is 6.23. The first-order valence-corrected chi connectivity index (χ1v) is 7.42. The summed E-state index contributed by atoms with van der Waals surface area (Å²) in [4.78, 5) is 14.2. The molecule has 0 aliphatic carbocycles. The summed E-state index contributed by atoms with van der Waals surface area (Å²) >= 11 is 3.43. The van der Waals surface area contributed by atoms with Gasteiger partial charge in [-0.15, -0.1) is 12.4 Å². The van der Waals surface area contributed by atoms with Crippen molar-refractivity contribution in [3.63, 3.8) is 0 Å². The molecule has 1 amide bonds. The third kappa shape index (κ3) is 5.05. The summed E-state index contributed by atoms with van der Waals surface area (Å²) in [6.07, 6.45) is 2.22. The van der Waals surface area contributed by atoms with Gasteiger partial charge >= 0.3 is 0 Å². The fourth-order valence-electron chi connectivity index (χ4n) is 2.34. The Morgan fingerprint density at radius 2 is 2.00 bits per heavy atom. The van der Waals surface area contributed by atoms with E-state index in [1.165, 1.54) is 0 Å². The van der Waals surface area contributed by atoms with Crippen LogP contribution in [0.2, 0.25) is 0 Å². The van der Waals surface area contributed by atoms with Gasteiger partial charge < -0.3 is 10.6 Å². The fraction of sp³-hybridized carbons (Fsp3) is 0.500. The topological polar surface area (TPSA) is 44.4 Å².